The van der Waals surface area contributed by atoms with Gasteiger partial charge >= 0.3 is 5.97 Å². The highest BCUT2D eigenvalue weighted by atomic mass is 16.5. The Morgan fingerprint density at radius 2 is 1.72 bits per heavy atom. The summed E-state index contributed by atoms with van der Waals surface area (Å²) < 4.78 is 10.3. The van der Waals surface area contributed by atoms with Crippen molar-refractivity contribution in [1.82, 2.24) is 5.32 Å². The SMILES string of the molecule is COc1ccc(OC)c(C(=O)NC(C(=O)O)c2ccc(C)c(C)c2)c1. The first-order valence-electron chi connectivity index (χ1n) is 7.70. The zero-order valence-corrected chi connectivity index (χ0v) is 14.6. The molecular formula is C19H21NO5. The first kappa shape index (κ1) is 18.3. The van der Waals surface area contributed by atoms with Gasteiger partial charge in [-0.15, -0.1) is 0 Å². The number of amides is 1. The Kier molecular flexibility index (Phi) is 5.64. The lowest BCUT2D eigenvalue weighted by Crippen LogP contribution is -2.34. The summed E-state index contributed by atoms with van der Waals surface area (Å²) in [6, 6.07) is 8.89. The fourth-order valence-electron chi connectivity index (χ4n) is 2.43. The fourth-order valence-corrected chi connectivity index (χ4v) is 2.43. The average molecular weight is 343 g/mol. The molecule has 1 amide bonds. The molecule has 2 aromatic carbocycles. The Bertz CT molecular complexity index is 800. The Morgan fingerprint density at radius 3 is 2.28 bits per heavy atom. The number of hydrogen-bond donors (Lipinski definition) is 2. The summed E-state index contributed by atoms with van der Waals surface area (Å²) >= 11 is 0. The molecule has 2 rings (SSSR count). The highest BCUT2D eigenvalue weighted by Gasteiger charge is 2.24. The van der Waals surface area contributed by atoms with E-state index >= 15 is 0 Å². The van der Waals surface area contributed by atoms with Gasteiger partial charge in [0.15, 0.2) is 6.04 Å². The van der Waals surface area contributed by atoms with E-state index in [1.807, 2.05) is 19.9 Å². The predicted octanol–water partition coefficient (Wildman–Crippen LogP) is 2.88. The lowest BCUT2D eigenvalue weighted by Gasteiger charge is -2.17. The minimum atomic E-state index is -1.16. The number of ether oxygens (including phenoxy) is 2. The Morgan fingerprint density at radius 1 is 1.00 bits per heavy atom. The number of aryl methyl sites for hydroxylation is 2. The van der Waals surface area contributed by atoms with Gasteiger partial charge in [-0.05, 0) is 48.7 Å². The molecule has 0 aliphatic rings. The molecule has 2 N–H and O–H groups in total. The molecule has 2 aromatic rings. The molecule has 1 atom stereocenters. The highest BCUT2D eigenvalue weighted by Crippen LogP contribution is 2.25. The Hall–Kier alpha value is -3.02. The fraction of sp³-hybridized carbons (Fsp3) is 0.263. The summed E-state index contributed by atoms with van der Waals surface area (Å²) in [4.78, 5) is 24.3. The predicted molar refractivity (Wildman–Crippen MR) is 93.3 cm³/mol. The molecule has 0 aliphatic carbocycles. The van der Waals surface area contributed by atoms with Gasteiger partial charge in [0.25, 0.3) is 5.91 Å². The van der Waals surface area contributed by atoms with E-state index in [1.165, 1.54) is 20.3 Å². The van der Waals surface area contributed by atoms with Crippen molar-refractivity contribution in [2.75, 3.05) is 14.2 Å². The van der Waals surface area contributed by atoms with Crippen LogP contribution in [0.25, 0.3) is 0 Å². The van der Waals surface area contributed by atoms with Gasteiger partial charge in [0.1, 0.15) is 11.5 Å². The molecule has 0 radical (unpaired) electrons. The summed E-state index contributed by atoms with van der Waals surface area (Å²) in [5, 5.41) is 12.1. The smallest absolute Gasteiger partial charge is 0.330 e. The topological polar surface area (TPSA) is 84.9 Å². The maximum absolute atomic E-state index is 12.6. The minimum absolute atomic E-state index is 0.205. The molecule has 0 bridgehead atoms. The van der Waals surface area contributed by atoms with Crippen molar-refractivity contribution < 1.29 is 24.2 Å². The summed E-state index contributed by atoms with van der Waals surface area (Å²) in [5.41, 5.74) is 2.72. The number of carboxylic acid groups (broad SMARTS) is 1. The summed E-state index contributed by atoms with van der Waals surface area (Å²) in [6.45, 7) is 3.83. The molecule has 6 nitrogen and oxygen atoms in total. The lowest BCUT2D eigenvalue weighted by atomic mass is 10.0. The number of hydrogen-bond acceptors (Lipinski definition) is 4. The first-order chi connectivity index (χ1) is 11.9. The van der Waals surface area contributed by atoms with Crippen molar-refractivity contribution in [3.8, 4) is 11.5 Å². The standard InChI is InChI=1S/C19H21NO5/c1-11-5-6-13(9-12(11)2)17(19(22)23)20-18(21)15-10-14(24-3)7-8-16(15)25-4/h5-10,17H,1-4H3,(H,20,21)(H,22,23). The molecule has 0 saturated heterocycles. The van der Waals surface area contributed by atoms with Crippen LogP contribution in [0.15, 0.2) is 36.4 Å². The van der Waals surface area contributed by atoms with Crippen molar-refractivity contribution in [3.63, 3.8) is 0 Å². The lowest BCUT2D eigenvalue weighted by molar-refractivity contribution is -0.139. The second-order valence-corrected chi connectivity index (χ2v) is 5.65. The van der Waals surface area contributed by atoms with Gasteiger partial charge in [0, 0.05) is 0 Å². The molecule has 0 aromatic heterocycles. The van der Waals surface area contributed by atoms with Gasteiger partial charge in [-0.2, -0.15) is 0 Å². The number of nitrogens with one attached hydrogen (secondary N) is 1. The van der Waals surface area contributed by atoms with Crippen LogP contribution in [-0.4, -0.2) is 31.2 Å². The summed E-state index contributed by atoms with van der Waals surface area (Å²) in [7, 11) is 2.93. The molecule has 0 heterocycles. The van der Waals surface area contributed by atoms with Crippen LogP contribution in [0.5, 0.6) is 11.5 Å². The van der Waals surface area contributed by atoms with Gasteiger partial charge in [-0.1, -0.05) is 18.2 Å². The van der Waals surface area contributed by atoms with E-state index in [2.05, 4.69) is 5.32 Å². The van der Waals surface area contributed by atoms with E-state index in [1.54, 1.807) is 24.3 Å². The van der Waals surface area contributed by atoms with Crippen molar-refractivity contribution in [2.24, 2.45) is 0 Å². The van der Waals surface area contributed by atoms with Crippen LogP contribution >= 0.6 is 0 Å². The summed E-state index contributed by atoms with van der Waals surface area (Å²) in [6.07, 6.45) is 0. The monoisotopic (exact) mass is 343 g/mol. The van der Waals surface area contributed by atoms with E-state index in [0.717, 1.165) is 11.1 Å². The number of aliphatic carboxylic acids is 1. The van der Waals surface area contributed by atoms with E-state index in [-0.39, 0.29) is 5.56 Å². The molecule has 0 fully saturated rings. The van der Waals surface area contributed by atoms with Crippen molar-refractivity contribution >= 4 is 11.9 Å². The van der Waals surface area contributed by atoms with E-state index < -0.39 is 17.9 Å². The van der Waals surface area contributed by atoms with E-state index in [9.17, 15) is 14.7 Å². The quantitative estimate of drug-likeness (QED) is 0.842. The van der Waals surface area contributed by atoms with Crippen LogP contribution in [0.3, 0.4) is 0 Å². The number of rotatable bonds is 6. The summed E-state index contributed by atoms with van der Waals surface area (Å²) in [5.74, 6) is -0.883. The molecular weight excluding hydrogens is 322 g/mol. The van der Waals surface area contributed by atoms with Crippen LogP contribution in [0.1, 0.15) is 33.1 Å². The number of methoxy groups -OCH3 is 2. The molecule has 0 aliphatic heterocycles. The third kappa shape index (κ3) is 4.09. The number of carbonyl (C=O) groups is 2. The highest BCUT2D eigenvalue weighted by molar-refractivity contribution is 5.99. The largest absolute Gasteiger partial charge is 0.497 e. The maximum Gasteiger partial charge on any atom is 0.330 e. The molecule has 132 valence electrons. The molecule has 0 spiro atoms. The molecule has 6 heteroatoms. The molecule has 25 heavy (non-hydrogen) atoms. The van der Waals surface area contributed by atoms with E-state index in [4.69, 9.17) is 9.47 Å². The van der Waals surface area contributed by atoms with E-state index in [0.29, 0.717) is 17.1 Å². The zero-order valence-electron chi connectivity index (χ0n) is 14.6. The third-order valence-electron chi connectivity index (χ3n) is 4.04. The van der Waals surface area contributed by atoms with Gasteiger partial charge < -0.3 is 19.9 Å². The second kappa shape index (κ2) is 7.70. The number of carboxylic acids is 1. The molecule has 0 saturated carbocycles. The maximum atomic E-state index is 12.6. The second-order valence-electron chi connectivity index (χ2n) is 5.65. The Balaban J connectivity index is 2.35. The van der Waals surface area contributed by atoms with Crippen LogP contribution < -0.4 is 14.8 Å². The van der Waals surface area contributed by atoms with Gasteiger partial charge in [0.05, 0.1) is 19.8 Å². The Labute approximate surface area is 146 Å². The van der Waals surface area contributed by atoms with Crippen molar-refractivity contribution in [3.05, 3.63) is 58.7 Å². The van der Waals surface area contributed by atoms with Gasteiger partial charge in [-0.25, -0.2) is 4.79 Å². The molecule has 1 unspecified atom stereocenters. The van der Waals surface area contributed by atoms with Crippen LogP contribution in [0, 0.1) is 13.8 Å². The van der Waals surface area contributed by atoms with Crippen LogP contribution in [-0.2, 0) is 4.79 Å². The van der Waals surface area contributed by atoms with Gasteiger partial charge in [-0.3, -0.25) is 4.79 Å². The zero-order chi connectivity index (χ0) is 18.6. The van der Waals surface area contributed by atoms with Crippen molar-refractivity contribution in [1.29, 1.82) is 0 Å². The average Bonchev–Trinajstić information content (AvgIpc) is 2.61. The minimum Gasteiger partial charge on any atom is -0.497 e. The van der Waals surface area contributed by atoms with Crippen LogP contribution in [0.4, 0.5) is 0 Å². The van der Waals surface area contributed by atoms with Crippen molar-refractivity contribution in [2.45, 2.75) is 19.9 Å². The first-order valence-corrected chi connectivity index (χ1v) is 7.70. The third-order valence-corrected chi connectivity index (χ3v) is 4.04. The normalized spacial score (nSPS) is 11.5. The number of carbonyl (C=O) groups excluding carboxylic acids is 1. The van der Waals surface area contributed by atoms with Crippen LogP contribution in [0.2, 0.25) is 0 Å². The number of benzene rings is 2. The van der Waals surface area contributed by atoms with Gasteiger partial charge in [0.2, 0.25) is 0 Å².